The number of benzene rings is 2. The molecule has 3 rings (SSSR count). The van der Waals surface area contributed by atoms with Crippen LogP contribution >= 0.6 is 0 Å². The van der Waals surface area contributed by atoms with Crippen LogP contribution in [0.1, 0.15) is 19.4 Å². The summed E-state index contributed by atoms with van der Waals surface area (Å²) in [6.45, 7) is 5.47. The van der Waals surface area contributed by atoms with Crippen LogP contribution in [0.3, 0.4) is 0 Å². The summed E-state index contributed by atoms with van der Waals surface area (Å²) >= 11 is 0. The van der Waals surface area contributed by atoms with Crippen molar-refractivity contribution in [3.05, 3.63) is 54.1 Å². The van der Waals surface area contributed by atoms with Crippen LogP contribution in [0.5, 0.6) is 11.5 Å². The van der Waals surface area contributed by atoms with Crippen molar-refractivity contribution in [3.63, 3.8) is 0 Å². The number of anilines is 1. The first kappa shape index (κ1) is 18.8. The summed E-state index contributed by atoms with van der Waals surface area (Å²) in [4.78, 5) is 26.4. The Morgan fingerprint density at radius 3 is 2.59 bits per heavy atom. The molecule has 0 fully saturated rings. The summed E-state index contributed by atoms with van der Waals surface area (Å²) in [5.41, 5.74) is 0.509. The molecule has 27 heavy (non-hydrogen) atoms. The minimum absolute atomic E-state index is 0.107. The molecule has 0 aromatic heterocycles. The van der Waals surface area contributed by atoms with Gasteiger partial charge in [0.15, 0.2) is 5.60 Å². The molecule has 0 atom stereocenters. The van der Waals surface area contributed by atoms with Gasteiger partial charge in [-0.15, -0.1) is 0 Å². The van der Waals surface area contributed by atoms with Crippen molar-refractivity contribution in [1.82, 2.24) is 0 Å². The van der Waals surface area contributed by atoms with E-state index in [-0.39, 0.29) is 25.7 Å². The van der Waals surface area contributed by atoms with E-state index in [1.165, 1.54) is 4.90 Å². The molecular weight excluding hydrogens is 346 g/mol. The molecule has 1 amide bonds. The van der Waals surface area contributed by atoms with E-state index in [2.05, 4.69) is 0 Å². The number of amides is 1. The van der Waals surface area contributed by atoms with Crippen LogP contribution < -0.4 is 14.4 Å². The predicted octanol–water partition coefficient (Wildman–Crippen LogP) is 3.12. The number of carbonyl (C=O) groups excluding carboxylic acids is 2. The Morgan fingerprint density at radius 2 is 1.85 bits per heavy atom. The zero-order valence-electron chi connectivity index (χ0n) is 15.7. The number of carbonyl (C=O) groups is 2. The van der Waals surface area contributed by atoms with Crippen molar-refractivity contribution in [2.75, 3.05) is 24.7 Å². The van der Waals surface area contributed by atoms with Gasteiger partial charge in [0.2, 0.25) is 0 Å². The van der Waals surface area contributed by atoms with Gasteiger partial charge in [-0.05, 0) is 50.6 Å². The van der Waals surface area contributed by atoms with Crippen molar-refractivity contribution in [2.45, 2.75) is 26.4 Å². The Labute approximate surface area is 158 Å². The Kier molecular flexibility index (Phi) is 5.35. The molecule has 0 saturated heterocycles. The summed E-state index contributed by atoms with van der Waals surface area (Å²) in [6, 6.07) is 14.8. The molecule has 0 radical (unpaired) electrons. The van der Waals surface area contributed by atoms with Crippen LogP contribution in [0, 0.1) is 6.92 Å². The van der Waals surface area contributed by atoms with Crippen LogP contribution in [0.15, 0.2) is 48.5 Å². The third kappa shape index (κ3) is 4.39. The van der Waals surface area contributed by atoms with E-state index >= 15 is 0 Å². The highest BCUT2D eigenvalue weighted by atomic mass is 16.6. The van der Waals surface area contributed by atoms with Gasteiger partial charge in [-0.2, -0.15) is 0 Å². The summed E-state index contributed by atoms with van der Waals surface area (Å²) in [5, 5.41) is 0. The quantitative estimate of drug-likeness (QED) is 0.578. The fraction of sp³-hybridized carbons (Fsp3) is 0.333. The lowest BCUT2D eigenvalue weighted by Gasteiger charge is -2.38. The fourth-order valence-corrected chi connectivity index (χ4v) is 2.84. The second-order valence-electron chi connectivity index (χ2n) is 6.86. The molecule has 1 heterocycles. The lowest BCUT2D eigenvalue weighted by molar-refractivity contribution is -0.145. The first-order valence-electron chi connectivity index (χ1n) is 8.82. The number of hydrogen-bond donors (Lipinski definition) is 0. The van der Waals surface area contributed by atoms with Gasteiger partial charge < -0.3 is 14.2 Å². The van der Waals surface area contributed by atoms with Gasteiger partial charge in [-0.1, -0.05) is 24.3 Å². The number of fused-ring (bicyclic) bond motifs is 1. The van der Waals surface area contributed by atoms with Crippen LogP contribution in [-0.2, 0) is 14.3 Å². The maximum Gasteiger partial charge on any atom is 0.326 e. The second kappa shape index (κ2) is 7.70. The fourth-order valence-electron chi connectivity index (χ4n) is 2.84. The molecule has 0 spiro atoms. The highest BCUT2D eigenvalue weighted by molar-refractivity contribution is 6.05. The molecule has 0 aliphatic carbocycles. The molecule has 0 bridgehead atoms. The smallest absolute Gasteiger partial charge is 0.326 e. The van der Waals surface area contributed by atoms with Gasteiger partial charge in [-0.3, -0.25) is 14.5 Å². The molecule has 0 saturated carbocycles. The molecule has 1 aliphatic rings. The van der Waals surface area contributed by atoms with Crippen molar-refractivity contribution < 1.29 is 23.8 Å². The highest BCUT2D eigenvalue weighted by Gasteiger charge is 2.41. The van der Waals surface area contributed by atoms with E-state index in [0.717, 1.165) is 5.56 Å². The largest absolute Gasteiger partial charge is 0.490 e. The highest BCUT2D eigenvalue weighted by Crippen LogP contribution is 2.38. The van der Waals surface area contributed by atoms with Crippen molar-refractivity contribution in [3.8, 4) is 11.5 Å². The normalized spacial score (nSPS) is 14.9. The van der Waals surface area contributed by atoms with E-state index < -0.39 is 11.6 Å². The SMILES string of the molecule is Cc1ccc2c(c1)N(CC(=O)OCCOc1ccccc1)C(=O)C(C)(C)O2. The third-order valence-corrected chi connectivity index (χ3v) is 4.18. The van der Waals surface area contributed by atoms with Gasteiger partial charge in [0.25, 0.3) is 5.91 Å². The zero-order chi connectivity index (χ0) is 19.4. The molecule has 2 aromatic carbocycles. The monoisotopic (exact) mass is 369 g/mol. The van der Waals surface area contributed by atoms with Crippen molar-refractivity contribution in [2.24, 2.45) is 0 Å². The lowest BCUT2D eigenvalue weighted by atomic mass is 10.0. The Bertz CT molecular complexity index is 832. The summed E-state index contributed by atoms with van der Waals surface area (Å²) in [7, 11) is 0. The van der Waals surface area contributed by atoms with E-state index in [1.807, 2.05) is 55.5 Å². The van der Waals surface area contributed by atoms with Crippen molar-refractivity contribution >= 4 is 17.6 Å². The van der Waals surface area contributed by atoms with Gasteiger partial charge >= 0.3 is 5.97 Å². The average Bonchev–Trinajstić information content (AvgIpc) is 2.64. The third-order valence-electron chi connectivity index (χ3n) is 4.18. The summed E-state index contributed by atoms with van der Waals surface area (Å²) in [5.74, 6) is 0.511. The number of nitrogens with zero attached hydrogens (tertiary/aromatic N) is 1. The minimum atomic E-state index is -1.04. The van der Waals surface area contributed by atoms with Gasteiger partial charge in [-0.25, -0.2) is 0 Å². The maximum absolute atomic E-state index is 12.7. The second-order valence-corrected chi connectivity index (χ2v) is 6.86. The molecule has 0 unspecified atom stereocenters. The number of rotatable bonds is 6. The van der Waals surface area contributed by atoms with Gasteiger partial charge in [0.1, 0.15) is 31.3 Å². The average molecular weight is 369 g/mol. The Balaban J connectivity index is 1.61. The minimum Gasteiger partial charge on any atom is -0.490 e. The number of hydrogen-bond acceptors (Lipinski definition) is 5. The van der Waals surface area contributed by atoms with Gasteiger partial charge in [0.05, 0.1) is 5.69 Å². The van der Waals surface area contributed by atoms with Crippen LogP contribution in [0.4, 0.5) is 5.69 Å². The first-order valence-corrected chi connectivity index (χ1v) is 8.82. The molecule has 2 aromatic rings. The van der Waals surface area contributed by atoms with Crippen molar-refractivity contribution in [1.29, 1.82) is 0 Å². The summed E-state index contributed by atoms with van der Waals surface area (Å²) in [6.07, 6.45) is 0. The van der Waals surface area contributed by atoms with Crippen LogP contribution in [-0.4, -0.2) is 37.2 Å². The Hall–Kier alpha value is -3.02. The van der Waals surface area contributed by atoms with E-state index in [0.29, 0.717) is 17.2 Å². The first-order chi connectivity index (χ1) is 12.9. The molecular formula is C21H23NO5. The standard InChI is InChI=1S/C21H23NO5/c1-15-9-10-18-17(13-15)22(20(24)21(2,3)27-18)14-19(23)26-12-11-25-16-7-5-4-6-8-16/h4-10,13H,11-12,14H2,1-3H3. The Morgan fingerprint density at radius 1 is 1.11 bits per heavy atom. The molecule has 6 nitrogen and oxygen atoms in total. The maximum atomic E-state index is 12.7. The molecule has 142 valence electrons. The number of para-hydroxylation sites is 1. The number of aryl methyl sites for hydroxylation is 1. The molecule has 1 aliphatic heterocycles. The van der Waals surface area contributed by atoms with E-state index in [1.54, 1.807) is 13.8 Å². The molecule has 0 N–H and O–H groups in total. The summed E-state index contributed by atoms with van der Waals surface area (Å²) < 4.78 is 16.5. The number of ether oxygens (including phenoxy) is 3. The predicted molar refractivity (Wildman–Crippen MR) is 101 cm³/mol. The van der Waals surface area contributed by atoms with Crippen LogP contribution in [0.25, 0.3) is 0 Å². The van der Waals surface area contributed by atoms with Gasteiger partial charge in [0, 0.05) is 0 Å². The van der Waals surface area contributed by atoms with Crippen LogP contribution in [0.2, 0.25) is 0 Å². The lowest BCUT2D eigenvalue weighted by Crippen LogP contribution is -2.54. The zero-order valence-corrected chi connectivity index (χ0v) is 15.7. The topological polar surface area (TPSA) is 65.1 Å². The van der Waals surface area contributed by atoms with E-state index in [9.17, 15) is 9.59 Å². The number of esters is 1. The van der Waals surface area contributed by atoms with E-state index in [4.69, 9.17) is 14.2 Å². The molecule has 6 heteroatoms.